The second kappa shape index (κ2) is 9.70. The van der Waals surface area contributed by atoms with Gasteiger partial charge in [-0.05, 0) is 13.8 Å². The fourth-order valence-corrected chi connectivity index (χ4v) is 1.38. The van der Waals surface area contributed by atoms with Crippen LogP contribution in [0.4, 0.5) is 0 Å². The van der Waals surface area contributed by atoms with Gasteiger partial charge < -0.3 is 25.6 Å². The van der Waals surface area contributed by atoms with Crippen molar-refractivity contribution in [1.82, 2.24) is 5.32 Å². The molecule has 2 atom stereocenters. The zero-order valence-electron chi connectivity index (χ0n) is 12.0. The fourth-order valence-electron chi connectivity index (χ4n) is 1.38. The molecule has 0 saturated carbocycles. The molecule has 0 aliphatic rings. The summed E-state index contributed by atoms with van der Waals surface area (Å²) in [7, 11) is 0. The number of rotatable bonds is 9. The van der Waals surface area contributed by atoms with Gasteiger partial charge in [0.2, 0.25) is 5.91 Å². The summed E-state index contributed by atoms with van der Waals surface area (Å²) in [6, 6.07) is -2.60. The molecule has 0 bridgehead atoms. The number of carbonyl (C=O) groups is 4. The first kappa shape index (κ1) is 18.8. The molecule has 0 unspecified atom stereocenters. The van der Waals surface area contributed by atoms with E-state index in [1.165, 1.54) is 0 Å². The van der Waals surface area contributed by atoms with Gasteiger partial charge in [-0.15, -0.1) is 0 Å². The number of hydrogen-bond donors (Lipinski definition) is 3. The maximum absolute atomic E-state index is 11.7. The van der Waals surface area contributed by atoms with Crippen LogP contribution in [0.5, 0.6) is 0 Å². The summed E-state index contributed by atoms with van der Waals surface area (Å²) in [4.78, 5) is 45.2. The lowest BCUT2D eigenvalue weighted by atomic mass is 10.1. The van der Waals surface area contributed by atoms with Gasteiger partial charge in [0.1, 0.15) is 6.04 Å². The number of ether oxygens (including phenoxy) is 2. The molecule has 0 spiro atoms. The number of aliphatic carboxylic acids is 1. The van der Waals surface area contributed by atoms with Gasteiger partial charge in [0.25, 0.3) is 0 Å². The van der Waals surface area contributed by atoms with E-state index in [0.717, 1.165) is 0 Å². The normalized spacial score (nSPS) is 12.9. The van der Waals surface area contributed by atoms with Crippen LogP contribution in [0, 0.1) is 0 Å². The minimum Gasteiger partial charge on any atom is -0.481 e. The van der Waals surface area contributed by atoms with Crippen molar-refractivity contribution in [2.45, 2.75) is 38.8 Å². The molecule has 9 nitrogen and oxygen atoms in total. The number of nitrogens with one attached hydrogen (secondary N) is 1. The first-order valence-electron chi connectivity index (χ1n) is 6.41. The molecule has 0 aliphatic carbocycles. The van der Waals surface area contributed by atoms with Crippen molar-refractivity contribution in [2.75, 3.05) is 13.2 Å². The molecule has 0 aliphatic heterocycles. The van der Waals surface area contributed by atoms with E-state index in [1.54, 1.807) is 13.8 Å². The summed E-state index contributed by atoms with van der Waals surface area (Å²) < 4.78 is 9.41. The van der Waals surface area contributed by atoms with Crippen molar-refractivity contribution in [1.29, 1.82) is 0 Å². The molecule has 0 aromatic rings. The molecule has 120 valence electrons. The number of hydrogen-bond acceptors (Lipinski definition) is 7. The topological polar surface area (TPSA) is 145 Å². The zero-order chi connectivity index (χ0) is 16.4. The smallest absolute Gasteiger partial charge is 0.329 e. The Labute approximate surface area is 121 Å². The molecule has 9 heteroatoms. The monoisotopic (exact) mass is 304 g/mol. The first-order chi connectivity index (χ1) is 9.81. The van der Waals surface area contributed by atoms with Crippen LogP contribution in [0.3, 0.4) is 0 Å². The number of nitrogens with two attached hydrogens (primary N) is 1. The highest BCUT2D eigenvalue weighted by atomic mass is 16.5. The highest BCUT2D eigenvalue weighted by Crippen LogP contribution is 2.01. The fraction of sp³-hybridized carbons (Fsp3) is 0.667. The van der Waals surface area contributed by atoms with Gasteiger partial charge in [0.15, 0.2) is 0 Å². The van der Waals surface area contributed by atoms with E-state index in [4.69, 9.17) is 15.6 Å². The van der Waals surface area contributed by atoms with Gasteiger partial charge >= 0.3 is 17.9 Å². The quantitative estimate of drug-likeness (QED) is 0.450. The zero-order valence-corrected chi connectivity index (χ0v) is 12.0. The highest BCUT2D eigenvalue weighted by Gasteiger charge is 2.28. The molecule has 21 heavy (non-hydrogen) atoms. The number of esters is 2. The van der Waals surface area contributed by atoms with E-state index in [9.17, 15) is 19.2 Å². The Morgan fingerprint density at radius 1 is 1.10 bits per heavy atom. The van der Waals surface area contributed by atoms with E-state index >= 15 is 0 Å². The third kappa shape index (κ3) is 7.88. The maximum atomic E-state index is 11.7. The Balaban J connectivity index is 4.72. The summed E-state index contributed by atoms with van der Waals surface area (Å²) in [6.45, 7) is 3.35. The lowest BCUT2D eigenvalue weighted by Gasteiger charge is -2.18. The van der Waals surface area contributed by atoms with Crippen LogP contribution < -0.4 is 11.1 Å². The molecule has 0 fully saturated rings. The lowest BCUT2D eigenvalue weighted by Crippen LogP contribution is -2.50. The van der Waals surface area contributed by atoms with Gasteiger partial charge in [-0.2, -0.15) is 0 Å². The molecule has 1 amide bonds. The van der Waals surface area contributed by atoms with Crippen molar-refractivity contribution in [3.63, 3.8) is 0 Å². The van der Waals surface area contributed by atoms with Crippen molar-refractivity contribution in [2.24, 2.45) is 5.73 Å². The van der Waals surface area contributed by atoms with Gasteiger partial charge in [-0.25, -0.2) is 4.79 Å². The largest absolute Gasteiger partial charge is 0.481 e. The standard InChI is InChI=1S/C12H20N2O7/c1-3-20-10(17)6-8(12(19)21-4-2)14-11(18)7(13)5-9(15)16/h7-8H,3-6,13H2,1-2H3,(H,14,18)(H,15,16)/t7-,8+/m1/s1. The van der Waals surface area contributed by atoms with Crippen LogP contribution >= 0.6 is 0 Å². The summed E-state index contributed by atoms with van der Waals surface area (Å²) >= 11 is 0. The lowest BCUT2D eigenvalue weighted by molar-refractivity contribution is -0.153. The van der Waals surface area contributed by atoms with Crippen LogP contribution in [-0.4, -0.2) is 54.2 Å². The third-order valence-corrected chi connectivity index (χ3v) is 2.30. The SMILES string of the molecule is CCOC(=O)C[C@H](NC(=O)[C@H](N)CC(=O)O)C(=O)OCC. The predicted molar refractivity (Wildman–Crippen MR) is 70.0 cm³/mol. The number of carboxylic acid groups (broad SMARTS) is 1. The van der Waals surface area contributed by atoms with E-state index in [-0.39, 0.29) is 13.2 Å². The Morgan fingerprint density at radius 3 is 2.14 bits per heavy atom. The van der Waals surface area contributed by atoms with Crippen molar-refractivity contribution in [3.8, 4) is 0 Å². The number of carboxylic acids is 1. The maximum Gasteiger partial charge on any atom is 0.329 e. The number of amides is 1. The predicted octanol–water partition coefficient (Wildman–Crippen LogP) is -1.21. The van der Waals surface area contributed by atoms with Crippen LogP contribution in [0.1, 0.15) is 26.7 Å². The van der Waals surface area contributed by atoms with Gasteiger partial charge in [-0.3, -0.25) is 14.4 Å². The molecule has 0 radical (unpaired) electrons. The molecule has 4 N–H and O–H groups in total. The molecule has 0 aromatic carbocycles. The molecule has 0 heterocycles. The van der Waals surface area contributed by atoms with E-state index in [0.29, 0.717) is 0 Å². The number of carbonyl (C=O) groups excluding carboxylic acids is 3. The van der Waals surface area contributed by atoms with Crippen LogP contribution in [-0.2, 0) is 28.7 Å². The molecular formula is C12H20N2O7. The molecular weight excluding hydrogens is 284 g/mol. The molecule has 0 saturated heterocycles. The van der Waals surface area contributed by atoms with Crippen LogP contribution in [0.2, 0.25) is 0 Å². The van der Waals surface area contributed by atoms with Gasteiger partial charge in [0, 0.05) is 0 Å². The Hall–Kier alpha value is -2.16. The highest BCUT2D eigenvalue weighted by molar-refractivity contribution is 5.91. The second-order valence-electron chi connectivity index (χ2n) is 4.03. The van der Waals surface area contributed by atoms with E-state index in [2.05, 4.69) is 10.1 Å². The van der Waals surface area contributed by atoms with Crippen LogP contribution in [0.15, 0.2) is 0 Å². The average molecular weight is 304 g/mol. The first-order valence-corrected chi connectivity index (χ1v) is 6.41. The minimum absolute atomic E-state index is 0.0647. The Kier molecular flexibility index (Phi) is 8.70. The van der Waals surface area contributed by atoms with E-state index < -0.39 is 48.7 Å². The summed E-state index contributed by atoms with van der Waals surface area (Å²) in [5, 5.41) is 10.7. The van der Waals surface area contributed by atoms with E-state index in [1.807, 2.05) is 0 Å². The average Bonchev–Trinajstić information content (AvgIpc) is 2.37. The third-order valence-electron chi connectivity index (χ3n) is 2.30. The summed E-state index contributed by atoms with van der Waals surface area (Å²) in [6.07, 6.45) is -1.01. The minimum atomic E-state index is -1.33. The van der Waals surface area contributed by atoms with Crippen LogP contribution in [0.25, 0.3) is 0 Å². The van der Waals surface area contributed by atoms with Crippen molar-refractivity contribution < 1.29 is 33.8 Å². The second-order valence-corrected chi connectivity index (χ2v) is 4.03. The Morgan fingerprint density at radius 2 is 1.67 bits per heavy atom. The molecule has 0 aromatic heterocycles. The van der Waals surface area contributed by atoms with Gasteiger partial charge in [-0.1, -0.05) is 0 Å². The van der Waals surface area contributed by atoms with Crippen molar-refractivity contribution in [3.05, 3.63) is 0 Å². The Bertz CT molecular complexity index is 397. The summed E-state index contributed by atoms with van der Waals surface area (Å²) in [5.41, 5.74) is 5.37. The summed E-state index contributed by atoms with van der Waals surface area (Å²) in [5.74, 6) is -3.63. The van der Waals surface area contributed by atoms with Crippen molar-refractivity contribution >= 4 is 23.8 Å². The van der Waals surface area contributed by atoms with Gasteiger partial charge in [0.05, 0.1) is 32.1 Å². The molecule has 0 rings (SSSR count).